The SMILES string of the molecule is Cc1c(OC(F)F)cccc1-c1cc2cnn(-c3ncccn3)c(=O)n2c1C. The van der Waals surface area contributed by atoms with Gasteiger partial charge in [-0.3, -0.25) is 4.40 Å². The summed E-state index contributed by atoms with van der Waals surface area (Å²) in [5.41, 5.74) is 2.77. The minimum Gasteiger partial charge on any atom is -0.435 e. The second kappa shape index (κ2) is 6.84. The van der Waals surface area contributed by atoms with Crippen LogP contribution in [0.1, 0.15) is 11.3 Å². The van der Waals surface area contributed by atoms with Crippen molar-refractivity contribution in [2.24, 2.45) is 0 Å². The van der Waals surface area contributed by atoms with Gasteiger partial charge in [0.25, 0.3) is 5.95 Å². The van der Waals surface area contributed by atoms with Crippen LogP contribution >= 0.6 is 0 Å². The highest BCUT2D eigenvalue weighted by atomic mass is 19.3. The van der Waals surface area contributed by atoms with E-state index in [4.69, 9.17) is 0 Å². The molecular weight excluding hydrogens is 368 g/mol. The Bertz CT molecular complexity index is 1220. The van der Waals surface area contributed by atoms with E-state index in [2.05, 4.69) is 19.8 Å². The van der Waals surface area contributed by atoms with E-state index in [1.54, 1.807) is 38.1 Å². The number of alkyl halides is 2. The number of hydrogen-bond donors (Lipinski definition) is 0. The van der Waals surface area contributed by atoms with E-state index in [1.165, 1.54) is 29.1 Å². The van der Waals surface area contributed by atoms with Crippen molar-refractivity contribution >= 4 is 5.52 Å². The third-order valence-electron chi connectivity index (χ3n) is 4.49. The second-order valence-electron chi connectivity index (χ2n) is 6.10. The molecule has 0 aliphatic heterocycles. The van der Waals surface area contributed by atoms with Crippen LogP contribution in [0.3, 0.4) is 0 Å². The van der Waals surface area contributed by atoms with Crippen LogP contribution in [-0.2, 0) is 0 Å². The van der Waals surface area contributed by atoms with E-state index in [0.717, 1.165) is 10.2 Å². The van der Waals surface area contributed by atoms with Crippen molar-refractivity contribution in [3.8, 4) is 22.8 Å². The maximum absolute atomic E-state index is 13.0. The van der Waals surface area contributed by atoms with Crippen molar-refractivity contribution in [3.63, 3.8) is 0 Å². The fraction of sp³-hybridized carbons (Fsp3) is 0.158. The molecule has 0 aliphatic carbocycles. The highest BCUT2D eigenvalue weighted by molar-refractivity contribution is 5.77. The number of nitrogens with zero attached hydrogens (tertiary/aromatic N) is 5. The van der Waals surface area contributed by atoms with Gasteiger partial charge < -0.3 is 4.74 Å². The molecule has 4 rings (SSSR count). The summed E-state index contributed by atoms with van der Waals surface area (Å²) in [7, 11) is 0. The van der Waals surface area contributed by atoms with Crippen LogP contribution in [-0.4, -0.2) is 30.8 Å². The highest BCUT2D eigenvalue weighted by Gasteiger charge is 2.17. The first-order chi connectivity index (χ1) is 13.5. The summed E-state index contributed by atoms with van der Waals surface area (Å²) in [5.74, 6) is 0.253. The van der Waals surface area contributed by atoms with E-state index in [1.807, 2.05) is 0 Å². The smallest absolute Gasteiger partial charge is 0.387 e. The molecule has 0 saturated carbocycles. The minimum absolute atomic E-state index is 0.0929. The topological polar surface area (TPSA) is 74.3 Å². The molecule has 1 aromatic carbocycles. The molecule has 0 fully saturated rings. The number of benzene rings is 1. The standard InChI is InChI=1S/C19H15F2N5O2/c1-11-14(5-3-6-16(11)28-17(20)21)15-9-13-10-24-26(18-22-7-4-8-23-18)19(27)25(13)12(15)2/h3-10,17H,1-2H3. The predicted octanol–water partition coefficient (Wildman–Crippen LogP) is 3.16. The van der Waals surface area contributed by atoms with Gasteiger partial charge in [-0.2, -0.15) is 13.9 Å². The quantitative estimate of drug-likeness (QED) is 0.541. The van der Waals surface area contributed by atoms with Gasteiger partial charge >= 0.3 is 12.3 Å². The van der Waals surface area contributed by atoms with E-state index >= 15 is 0 Å². The molecule has 0 saturated heterocycles. The van der Waals surface area contributed by atoms with Gasteiger partial charge in [0.05, 0.1) is 11.7 Å². The third kappa shape index (κ3) is 2.90. The number of aryl methyl sites for hydroxylation is 1. The summed E-state index contributed by atoms with van der Waals surface area (Å²) in [6.07, 6.45) is 4.57. The average molecular weight is 383 g/mol. The summed E-state index contributed by atoms with van der Waals surface area (Å²) in [6.45, 7) is 0.564. The molecule has 7 nitrogen and oxygen atoms in total. The summed E-state index contributed by atoms with van der Waals surface area (Å²) in [5, 5.41) is 4.14. The van der Waals surface area contributed by atoms with E-state index in [9.17, 15) is 13.6 Å². The van der Waals surface area contributed by atoms with Crippen LogP contribution in [0.5, 0.6) is 5.75 Å². The summed E-state index contributed by atoms with van der Waals surface area (Å²) in [4.78, 5) is 21.1. The molecule has 0 bridgehead atoms. The molecular formula is C19H15F2N5O2. The van der Waals surface area contributed by atoms with Gasteiger partial charge in [-0.25, -0.2) is 14.8 Å². The van der Waals surface area contributed by atoms with Gasteiger partial charge in [0, 0.05) is 23.7 Å². The zero-order chi connectivity index (χ0) is 19.8. The van der Waals surface area contributed by atoms with E-state index in [-0.39, 0.29) is 11.7 Å². The van der Waals surface area contributed by atoms with Gasteiger partial charge in [0.1, 0.15) is 5.75 Å². The molecule has 4 aromatic rings. The molecule has 0 N–H and O–H groups in total. The molecule has 0 aliphatic rings. The summed E-state index contributed by atoms with van der Waals surface area (Å²) < 4.78 is 32.5. The number of fused-ring (bicyclic) bond motifs is 1. The highest BCUT2D eigenvalue weighted by Crippen LogP contribution is 2.33. The van der Waals surface area contributed by atoms with Gasteiger partial charge in [-0.05, 0) is 43.2 Å². The van der Waals surface area contributed by atoms with Crippen LogP contribution in [0.25, 0.3) is 22.6 Å². The number of ether oxygens (including phenoxy) is 1. The average Bonchev–Trinajstić information content (AvgIpc) is 3.01. The summed E-state index contributed by atoms with van der Waals surface area (Å²) >= 11 is 0. The Kier molecular flexibility index (Phi) is 4.34. The lowest BCUT2D eigenvalue weighted by molar-refractivity contribution is -0.0502. The largest absolute Gasteiger partial charge is 0.435 e. The van der Waals surface area contributed by atoms with Crippen LogP contribution in [0.2, 0.25) is 0 Å². The fourth-order valence-corrected chi connectivity index (χ4v) is 3.18. The van der Waals surface area contributed by atoms with Crippen molar-refractivity contribution in [1.82, 2.24) is 24.1 Å². The van der Waals surface area contributed by atoms with Gasteiger partial charge in [-0.1, -0.05) is 12.1 Å². The van der Waals surface area contributed by atoms with Crippen LogP contribution in [0.4, 0.5) is 8.78 Å². The molecule has 0 amide bonds. The van der Waals surface area contributed by atoms with Crippen molar-refractivity contribution in [2.75, 3.05) is 0 Å². The normalized spacial score (nSPS) is 11.3. The Hall–Kier alpha value is -3.62. The zero-order valence-corrected chi connectivity index (χ0v) is 15.0. The van der Waals surface area contributed by atoms with Gasteiger partial charge in [0.15, 0.2) is 0 Å². The zero-order valence-electron chi connectivity index (χ0n) is 15.0. The van der Waals surface area contributed by atoms with Gasteiger partial charge in [-0.15, -0.1) is 4.68 Å². The number of rotatable bonds is 4. The second-order valence-corrected chi connectivity index (χ2v) is 6.10. The van der Waals surface area contributed by atoms with E-state index in [0.29, 0.717) is 22.3 Å². The minimum atomic E-state index is -2.91. The molecule has 3 heterocycles. The molecule has 28 heavy (non-hydrogen) atoms. The van der Waals surface area contributed by atoms with E-state index < -0.39 is 12.3 Å². The van der Waals surface area contributed by atoms with Crippen LogP contribution < -0.4 is 10.4 Å². The molecule has 0 spiro atoms. The molecule has 9 heteroatoms. The number of hydrogen-bond acceptors (Lipinski definition) is 5. The lowest BCUT2D eigenvalue weighted by Crippen LogP contribution is -2.29. The Morgan fingerprint density at radius 3 is 2.54 bits per heavy atom. The predicted molar refractivity (Wildman–Crippen MR) is 97.9 cm³/mol. The maximum Gasteiger partial charge on any atom is 0.387 e. The van der Waals surface area contributed by atoms with Crippen molar-refractivity contribution in [2.45, 2.75) is 20.5 Å². The van der Waals surface area contributed by atoms with Crippen LogP contribution in [0, 0.1) is 13.8 Å². The fourth-order valence-electron chi connectivity index (χ4n) is 3.18. The molecule has 3 aromatic heterocycles. The first-order valence-electron chi connectivity index (χ1n) is 8.40. The Balaban J connectivity index is 1.91. The van der Waals surface area contributed by atoms with Crippen LogP contribution in [0.15, 0.2) is 53.7 Å². The molecule has 0 unspecified atom stereocenters. The summed E-state index contributed by atoms with van der Waals surface area (Å²) in [6, 6.07) is 8.34. The third-order valence-corrected chi connectivity index (χ3v) is 4.49. The lowest BCUT2D eigenvalue weighted by Gasteiger charge is -2.12. The Labute approximate surface area is 157 Å². The first-order valence-corrected chi connectivity index (χ1v) is 8.40. The Morgan fingerprint density at radius 2 is 1.82 bits per heavy atom. The number of halogens is 2. The molecule has 142 valence electrons. The Morgan fingerprint density at radius 1 is 1.07 bits per heavy atom. The van der Waals surface area contributed by atoms with Crippen molar-refractivity contribution in [1.29, 1.82) is 0 Å². The maximum atomic E-state index is 13.0. The van der Waals surface area contributed by atoms with Gasteiger partial charge in [0.2, 0.25) is 0 Å². The lowest BCUT2D eigenvalue weighted by atomic mass is 10.0. The first kappa shape index (κ1) is 17.8. The molecule has 0 atom stereocenters. The van der Waals surface area contributed by atoms with Crippen molar-refractivity contribution < 1.29 is 13.5 Å². The monoisotopic (exact) mass is 383 g/mol. The van der Waals surface area contributed by atoms with Crippen molar-refractivity contribution in [3.05, 3.63) is 70.7 Å². The number of aromatic nitrogens is 5. The molecule has 0 radical (unpaired) electrons.